The lowest BCUT2D eigenvalue weighted by molar-refractivity contribution is 0.600. The summed E-state index contributed by atoms with van der Waals surface area (Å²) in [6.45, 7) is 4.58. The van der Waals surface area contributed by atoms with Gasteiger partial charge in [-0.05, 0) is 48.9 Å². The molecular weight excluding hydrogens is 364 g/mol. The third kappa shape index (κ3) is 6.03. The van der Waals surface area contributed by atoms with E-state index in [1.807, 2.05) is 12.4 Å². The molecule has 162 valence electrons. The van der Waals surface area contributed by atoms with Crippen molar-refractivity contribution < 1.29 is 0 Å². The van der Waals surface area contributed by atoms with E-state index in [1.54, 1.807) is 11.1 Å². The quantitative estimate of drug-likeness (QED) is 0.198. The molecule has 1 aromatic carbocycles. The summed E-state index contributed by atoms with van der Waals surface area (Å²) in [7, 11) is 0. The van der Waals surface area contributed by atoms with E-state index in [-0.39, 0.29) is 0 Å². The number of pyridine rings is 2. The Hall–Kier alpha value is -1.96. The first kappa shape index (κ1) is 22.7. The lowest BCUT2D eigenvalue weighted by Gasteiger charge is -2.17. The summed E-state index contributed by atoms with van der Waals surface area (Å²) in [6, 6.07) is 8.73. The van der Waals surface area contributed by atoms with E-state index in [9.17, 15) is 0 Å². The predicted octanol–water partition coefficient (Wildman–Crippen LogP) is 8.59. The molecule has 2 nitrogen and oxygen atoms in total. The molecule has 2 heteroatoms. The second kappa shape index (κ2) is 12.7. The zero-order valence-corrected chi connectivity index (χ0v) is 19.3. The number of aromatic nitrogens is 2. The molecule has 0 N–H and O–H groups in total. The minimum absolute atomic E-state index is 1.08. The maximum Gasteiger partial charge on any atom is 0.0967 e. The third-order valence-corrected chi connectivity index (χ3v) is 6.41. The first-order valence-corrected chi connectivity index (χ1v) is 12.5. The number of rotatable bonds is 14. The lowest BCUT2D eigenvalue weighted by Crippen LogP contribution is -2.01. The van der Waals surface area contributed by atoms with Gasteiger partial charge in [-0.3, -0.25) is 9.97 Å². The predicted molar refractivity (Wildman–Crippen MR) is 131 cm³/mol. The second-order valence-electron chi connectivity index (χ2n) is 8.79. The van der Waals surface area contributed by atoms with Crippen molar-refractivity contribution in [3.63, 3.8) is 0 Å². The van der Waals surface area contributed by atoms with Crippen molar-refractivity contribution >= 4 is 21.8 Å². The van der Waals surface area contributed by atoms with Crippen molar-refractivity contribution in [3.05, 3.63) is 47.8 Å². The maximum absolute atomic E-state index is 4.75. The molecule has 0 aliphatic rings. The van der Waals surface area contributed by atoms with Gasteiger partial charge >= 0.3 is 0 Å². The van der Waals surface area contributed by atoms with Crippen molar-refractivity contribution in [2.45, 2.75) is 104 Å². The Bertz CT molecular complexity index is 825. The number of nitrogens with zero attached hydrogens (tertiary/aromatic N) is 2. The fourth-order valence-corrected chi connectivity index (χ4v) is 4.74. The van der Waals surface area contributed by atoms with Crippen molar-refractivity contribution in [1.82, 2.24) is 9.97 Å². The average molecular weight is 405 g/mol. The van der Waals surface area contributed by atoms with Crippen LogP contribution >= 0.6 is 0 Å². The minimum Gasteiger partial charge on any atom is -0.254 e. The van der Waals surface area contributed by atoms with Crippen LogP contribution in [-0.4, -0.2) is 9.97 Å². The van der Waals surface area contributed by atoms with Gasteiger partial charge in [0.2, 0.25) is 0 Å². The molecular formula is C28H40N2. The van der Waals surface area contributed by atoms with Gasteiger partial charge in [-0.15, -0.1) is 0 Å². The Kier molecular flexibility index (Phi) is 9.60. The van der Waals surface area contributed by atoms with Crippen LogP contribution in [0.1, 0.15) is 102 Å². The monoisotopic (exact) mass is 404 g/mol. The van der Waals surface area contributed by atoms with Crippen LogP contribution in [0.5, 0.6) is 0 Å². The SMILES string of the molecule is CCCCCCCCc1c(CCCCCCCC)c2cccnc2c2ncccc12. The topological polar surface area (TPSA) is 25.8 Å². The van der Waals surface area contributed by atoms with Crippen LogP contribution in [0.4, 0.5) is 0 Å². The zero-order valence-electron chi connectivity index (χ0n) is 19.3. The Labute approximate surface area is 183 Å². The van der Waals surface area contributed by atoms with E-state index in [0.717, 1.165) is 11.0 Å². The molecule has 0 unspecified atom stereocenters. The molecule has 0 bridgehead atoms. The van der Waals surface area contributed by atoms with Crippen LogP contribution in [0, 0.1) is 0 Å². The Morgan fingerprint density at radius 2 is 0.933 bits per heavy atom. The van der Waals surface area contributed by atoms with Crippen molar-refractivity contribution in [2.75, 3.05) is 0 Å². The standard InChI is InChI=1S/C28H40N2/c1-3-5-7-9-11-13-17-23-24(18-14-12-10-8-6-4-2)26-20-16-22-30-28(26)27-25(23)19-15-21-29-27/h15-16,19-22H,3-14,17-18H2,1-2H3. The zero-order chi connectivity index (χ0) is 21.0. The maximum atomic E-state index is 4.75. The van der Waals surface area contributed by atoms with E-state index in [2.05, 4.69) is 38.1 Å². The van der Waals surface area contributed by atoms with Gasteiger partial charge in [-0.2, -0.15) is 0 Å². The number of hydrogen-bond donors (Lipinski definition) is 0. The Morgan fingerprint density at radius 3 is 1.37 bits per heavy atom. The average Bonchev–Trinajstić information content (AvgIpc) is 2.79. The van der Waals surface area contributed by atoms with E-state index in [4.69, 9.17) is 9.97 Å². The third-order valence-electron chi connectivity index (χ3n) is 6.41. The van der Waals surface area contributed by atoms with Gasteiger partial charge in [-0.25, -0.2) is 0 Å². The molecule has 0 fully saturated rings. The van der Waals surface area contributed by atoms with Crippen molar-refractivity contribution in [2.24, 2.45) is 0 Å². The van der Waals surface area contributed by atoms with Crippen LogP contribution in [0.3, 0.4) is 0 Å². The van der Waals surface area contributed by atoms with E-state index in [1.165, 1.54) is 101 Å². The summed E-state index contributed by atoms with van der Waals surface area (Å²) in [5, 5.41) is 2.66. The molecule has 0 atom stereocenters. The smallest absolute Gasteiger partial charge is 0.0967 e. The molecule has 0 radical (unpaired) electrons. The highest BCUT2D eigenvalue weighted by Gasteiger charge is 2.15. The van der Waals surface area contributed by atoms with Gasteiger partial charge in [-0.1, -0.05) is 90.2 Å². The van der Waals surface area contributed by atoms with Crippen LogP contribution in [-0.2, 0) is 12.8 Å². The lowest BCUT2D eigenvalue weighted by atomic mass is 9.89. The van der Waals surface area contributed by atoms with Gasteiger partial charge in [0.1, 0.15) is 0 Å². The van der Waals surface area contributed by atoms with Crippen LogP contribution in [0.25, 0.3) is 21.8 Å². The van der Waals surface area contributed by atoms with Crippen molar-refractivity contribution in [3.8, 4) is 0 Å². The highest BCUT2D eigenvalue weighted by atomic mass is 14.7. The molecule has 30 heavy (non-hydrogen) atoms. The molecule has 3 rings (SSSR count). The van der Waals surface area contributed by atoms with Gasteiger partial charge in [0.15, 0.2) is 0 Å². The first-order chi connectivity index (χ1) is 14.9. The first-order valence-electron chi connectivity index (χ1n) is 12.5. The molecule has 0 aliphatic carbocycles. The summed E-state index contributed by atoms with van der Waals surface area (Å²) in [5.41, 5.74) is 5.26. The summed E-state index contributed by atoms with van der Waals surface area (Å²) >= 11 is 0. The normalized spacial score (nSPS) is 11.5. The fourth-order valence-electron chi connectivity index (χ4n) is 4.74. The largest absolute Gasteiger partial charge is 0.254 e. The van der Waals surface area contributed by atoms with E-state index >= 15 is 0 Å². The number of aryl methyl sites for hydroxylation is 2. The molecule has 0 amide bonds. The Morgan fingerprint density at radius 1 is 0.533 bits per heavy atom. The minimum atomic E-state index is 1.08. The molecule has 0 aliphatic heterocycles. The van der Waals surface area contributed by atoms with Gasteiger partial charge in [0, 0.05) is 23.2 Å². The van der Waals surface area contributed by atoms with Crippen molar-refractivity contribution in [1.29, 1.82) is 0 Å². The molecule has 2 heterocycles. The van der Waals surface area contributed by atoms with E-state index in [0.29, 0.717) is 0 Å². The summed E-state index contributed by atoms with van der Waals surface area (Å²) in [4.78, 5) is 9.50. The van der Waals surface area contributed by atoms with Crippen LogP contribution < -0.4 is 0 Å². The highest BCUT2D eigenvalue weighted by Crippen LogP contribution is 2.33. The number of unbranched alkanes of at least 4 members (excludes halogenated alkanes) is 10. The molecule has 3 aromatic rings. The van der Waals surface area contributed by atoms with Crippen LogP contribution in [0.15, 0.2) is 36.7 Å². The molecule has 0 spiro atoms. The summed E-state index contributed by atoms with van der Waals surface area (Å²) in [6.07, 6.45) is 22.3. The van der Waals surface area contributed by atoms with Crippen LogP contribution in [0.2, 0.25) is 0 Å². The van der Waals surface area contributed by atoms with E-state index < -0.39 is 0 Å². The van der Waals surface area contributed by atoms with Gasteiger partial charge in [0.25, 0.3) is 0 Å². The number of fused-ring (bicyclic) bond motifs is 3. The fraction of sp³-hybridized carbons (Fsp3) is 0.571. The highest BCUT2D eigenvalue weighted by molar-refractivity contribution is 6.06. The second-order valence-corrected chi connectivity index (χ2v) is 8.79. The number of benzene rings is 1. The molecule has 0 saturated heterocycles. The van der Waals surface area contributed by atoms with Gasteiger partial charge in [0.05, 0.1) is 11.0 Å². The number of hydrogen-bond acceptors (Lipinski definition) is 2. The molecule has 0 saturated carbocycles. The summed E-state index contributed by atoms with van der Waals surface area (Å²) in [5.74, 6) is 0. The molecule has 2 aromatic heterocycles. The van der Waals surface area contributed by atoms with Gasteiger partial charge < -0.3 is 0 Å². The Balaban J connectivity index is 1.83. The summed E-state index contributed by atoms with van der Waals surface area (Å²) < 4.78 is 0.